The number of nitrogens with zero attached hydrogens (tertiary/aromatic N) is 3. The fraction of sp³-hybridized carbons (Fsp3) is 0.421. The van der Waals surface area contributed by atoms with Crippen LogP contribution in [0.2, 0.25) is 0 Å². The molecular weight excluding hydrogens is 332 g/mol. The van der Waals surface area contributed by atoms with Crippen LogP contribution in [0.15, 0.2) is 36.4 Å². The van der Waals surface area contributed by atoms with Crippen molar-refractivity contribution in [2.45, 2.75) is 32.7 Å². The molecule has 1 aromatic heterocycles. The smallest absolute Gasteiger partial charge is 0.333 e. The zero-order chi connectivity index (χ0) is 18.5. The van der Waals surface area contributed by atoms with E-state index in [0.717, 1.165) is 37.4 Å². The van der Waals surface area contributed by atoms with Crippen molar-refractivity contribution in [3.8, 4) is 5.75 Å². The van der Waals surface area contributed by atoms with Crippen LogP contribution in [-0.4, -0.2) is 35.6 Å². The van der Waals surface area contributed by atoms with Crippen LogP contribution in [0.1, 0.15) is 25.5 Å². The fourth-order valence-electron chi connectivity index (χ4n) is 3.28. The first kappa shape index (κ1) is 18.0. The summed E-state index contributed by atoms with van der Waals surface area (Å²) in [6.07, 6.45) is 1.79. The number of nitro benzene ring substituents is 1. The summed E-state index contributed by atoms with van der Waals surface area (Å²) in [4.78, 5) is 18.0. The number of para-hydroxylation sites is 1. The number of aryl methyl sites for hydroxylation is 1. The molecule has 1 saturated heterocycles. The van der Waals surface area contributed by atoms with E-state index in [9.17, 15) is 10.1 Å². The van der Waals surface area contributed by atoms with E-state index in [2.05, 4.69) is 15.2 Å². The lowest BCUT2D eigenvalue weighted by Gasteiger charge is -2.33. The predicted octanol–water partition coefficient (Wildman–Crippen LogP) is 3.78. The van der Waals surface area contributed by atoms with E-state index >= 15 is 0 Å². The van der Waals surface area contributed by atoms with Crippen molar-refractivity contribution in [3.63, 3.8) is 0 Å². The number of nitro groups is 1. The molecule has 1 fully saturated rings. The number of nitrogens with one attached hydrogen (secondary N) is 1. The van der Waals surface area contributed by atoms with Crippen LogP contribution in [0.5, 0.6) is 5.75 Å². The summed E-state index contributed by atoms with van der Waals surface area (Å²) in [5.74, 6) is 1.30. The first-order valence-corrected chi connectivity index (χ1v) is 8.94. The third-order valence-electron chi connectivity index (χ3n) is 4.53. The number of rotatable bonds is 6. The number of aromatic nitrogens is 1. The SMILES string of the molecule is CCOc1cccc(NC2CCN(c3cccc(C)n3)CC2)c1[N+](=O)[O-]. The van der Waals surface area contributed by atoms with Crippen molar-refractivity contribution in [2.75, 3.05) is 29.9 Å². The molecule has 138 valence electrons. The number of piperidine rings is 1. The van der Waals surface area contributed by atoms with Gasteiger partial charge in [0, 0.05) is 24.8 Å². The Hall–Kier alpha value is -2.83. The molecule has 7 nitrogen and oxygen atoms in total. The molecule has 0 spiro atoms. The summed E-state index contributed by atoms with van der Waals surface area (Å²) in [7, 11) is 0. The van der Waals surface area contributed by atoms with E-state index in [1.54, 1.807) is 18.2 Å². The van der Waals surface area contributed by atoms with Gasteiger partial charge in [0.2, 0.25) is 0 Å². The van der Waals surface area contributed by atoms with Gasteiger partial charge in [-0.3, -0.25) is 10.1 Å². The third kappa shape index (κ3) is 4.04. The minimum atomic E-state index is -0.376. The molecule has 7 heteroatoms. The van der Waals surface area contributed by atoms with Crippen LogP contribution in [0.3, 0.4) is 0 Å². The number of benzene rings is 1. The van der Waals surface area contributed by atoms with Crippen molar-refractivity contribution < 1.29 is 9.66 Å². The molecule has 1 aliphatic heterocycles. The van der Waals surface area contributed by atoms with Gasteiger partial charge in [0.25, 0.3) is 0 Å². The maximum atomic E-state index is 11.5. The van der Waals surface area contributed by atoms with Crippen LogP contribution < -0.4 is 15.0 Å². The van der Waals surface area contributed by atoms with E-state index in [1.165, 1.54) is 0 Å². The lowest BCUT2D eigenvalue weighted by molar-refractivity contribution is -0.385. The van der Waals surface area contributed by atoms with Crippen LogP contribution in [-0.2, 0) is 0 Å². The Balaban J connectivity index is 1.68. The molecule has 1 N–H and O–H groups in total. The number of hydrogen-bond donors (Lipinski definition) is 1. The second-order valence-electron chi connectivity index (χ2n) is 6.39. The standard InChI is InChI=1S/C19H24N4O3/c1-3-26-17-8-5-7-16(19(17)23(24)25)21-15-10-12-22(13-11-15)18-9-4-6-14(2)20-18/h4-9,15,21H,3,10-13H2,1-2H3. The monoisotopic (exact) mass is 356 g/mol. The highest BCUT2D eigenvalue weighted by Crippen LogP contribution is 2.36. The van der Waals surface area contributed by atoms with E-state index in [4.69, 9.17) is 4.74 Å². The Morgan fingerprint density at radius 3 is 2.65 bits per heavy atom. The Kier molecular flexibility index (Phi) is 5.55. The van der Waals surface area contributed by atoms with Crippen molar-refractivity contribution >= 4 is 17.2 Å². The Morgan fingerprint density at radius 2 is 2.00 bits per heavy atom. The summed E-state index contributed by atoms with van der Waals surface area (Å²) in [5.41, 5.74) is 1.54. The highest BCUT2D eigenvalue weighted by molar-refractivity contribution is 5.68. The minimum absolute atomic E-state index is 0.0112. The van der Waals surface area contributed by atoms with Crippen molar-refractivity contribution in [3.05, 3.63) is 52.2 Å². The van der Waals surface area contributed by atoms with Gasteiger partial charge in [0.05, 0.1) is 11.5 Å². The summed E-state index contributed by atoms with van der Waals surface area (Å²) in [6.45, 7) is 5.94. The molecule has 0 bridgehead atoms. The minimum Gasteiger partial charge on any atom is -0.487 e. The second-order valence-corrected chi connectivity index (χ2v) is 6.39. The zero-order valence-corrected chi connectivity index (χ0v) is 15.1. The molecule has 1 aliphatic rings. The Morgan fingerprint density at radius 1 is 1.27 bits per heavy atom. The molecule has 0 amide bonds. The quantitative estimate of drug-likeness (QED) is 0.627. The zero-order valence-electron chi connectivity index (χ0n) is 15.1. The van der Waals surface area contributed by atoms with Gasteiger partial charge in [-0.15, -0.1) is 0 Å². The van der Waals surface area contributed by atoms with Gasteiger partial charge < -0.3 is 15.0 Å². The average Bonchev–Trinajstić information content (AvgIpc) is 2.62. The first-order chi connectivity index (χ1) is 12.6. The predicted molar refractivity (Wildman–Crippen MR) is 102 cm³/mol. The van der Waals surface area contributed by atoms with Crippen LogP contribution in [0, 0.1) is 17.0 Å². The number of pyridine rings is 1. The molecule has 26 heavy (non-hydrogen) atoms. The number of hydrogen-bond acceptors (Lipinski definition) is 6. The average molecular weight is 356 g/mol. The normalized spacial score (nSPS) is 14.9. The van der Waals surface area contributed by atoms with Gasteiger partial charge in [-0.2, -0.15) is 0 Å². The van der Waals surface area contributed by atoms with Crippen molar-refractivity contribution in [1.29, 1.82) is 0 Å². The molecule has 0 saturated carbocycles. The molecule has 0 radical (unpaired) electrons. The Bertz CT molecular complexity index is 773. The number of anilines is 2. The van der Waals surface area contributed by atoms with Crippen molar-refractivity contribution in [1.82, 2.24) is 4.98 Å². The topological polar surface area (TPSA) is 80.5 Å². The van der Waals surface area contributed by atoms with Gasteiger partial charge in [-0.05, 0) is 51.0 Å². The van der Waals surface area contributed by atoms with E-state index < -0.39 is 0 Å². The molecule has 3 rings (SSSR count). The highest BCUT2D eigenvalue weighted by Gasteiger charge is 2.25. The van der Waals surface area contributed by atoms with E-state index in [0.29, 0.717) is 18.0 Å². The van der Waals surface area contributed by atoms with Gasteiger partial charge in [-0.1, -0.05) is 12.1 Å². The second kappa shape index (κ2) is 8.03. The van der Waals surface area contributed by atoms with Gasteiger partial charge in [0.1, 0.15) is 11.5 Å². The van der Waals surface area contributed by atoms with E-state index in [-0.39, 0.29) is 16.7 Å². The molecule has 0 aliphatic carbocycles. The van der Waals surface area contributed by atoms with Crippen LogP contribution >= 0.6 is 0 Å². The summed E-state index contributed by atoms with van der Waals surface area (Å²) < 4.78 is 5.42. The molecule has 0 atom stereocenters. The summed E-state index contributed by atoms with van der Waals surface area (Å²) in [6, 6.07) is 11.4. The summed E-state index contributed by atoms with van der Waals surface area (Å²) >= 11 is 0. The molecule has 2 heterocycles. The maximum absolute atomic E-state index is 11.5. The highest BCUT2D eigenvalue weighted by atomic mass is 16.6. The fourth-order valence-corrected chi connectivity index (χ4v) is 3.28. The van der Waals surface area contributed by atoms with Crippen LogP contribution in [0.25, 0.3) is 0 Å². The van der Waals surface area contributed by atoms with Gasteiger partial charge >= 0.3 is 5.69 Å². The Labute approximate surface area is 153 Å². The molecule has 0 unspecified atom stereocenters. The first-order valence-electron chi connectivity index (χ1n) is 8.94. The molecular formula is C19H24N4O3. The lowest BCUT2D eigenvalue weighted by atomic mass is 10.0. The number of ether oxygens (including phenoxy) is 1. The molecule has 1 aromatic carbocycles. The lowest BCUT2D eigenvalue weighted by Crippen LogP contribution is -2.39. The van der Waals surface area contributed by atoms with Gasteiger partial charge in [0.15, 0.2) is 5.75 Å². The van der Waals surface area contributed by atoms with E-state index in [1.807, 2.05) is 32.0 Å². The third-order valence-corrected chi connectivity index (χ3v) is 4.53. The van der Waals surface area contributed by atoms with Crippen LogP contribution in [0.4, 0.5) is 17.2 Å². The largest absolute Gasteiger partial charge is 0.487 e. The molecule has 2 aromatic rings. The van der Waals surface area contributed by atoms with Gasteiger partial charge in [-0.25, -0.2) is 4.98 Å². The summed E-state index contributed by atoms with van der Waals surface area (Å²) in [5, 5.41) is 14.8. The van der Waals surface area contributed by atoms with Crippen molar-refractivity contribution in [2.24, 2.45) is 0 Å². The maximum Gasteiger partial charge on any atom is 0.333 e.